The van der Waals surface area contributed by atoms with Crippen LogP contribution in [0.15, 0.2) is 40.7 Å². The molecule has 0 fully saturated rings. The molecule has 0 radical (unpaired) electrons. The Morgan fingerprint density at radius 2 is 0.968 bits per heavy atom. The van der Waals surface area contributed by atoms with Gasteiger partial charge in [0.2, 0.25) is 19.7 Å². The van der Waals surface area contributed by atoms with Gasteiger partial charge in [-0.3, -0.25) is 0 Å². The molecule has 0 N–H and O–H groups in total. The first-order chi connectivity index (χ1) is 14.6. The SMILES string of the molecule is O=S1(=O)C(Br)=CC2=C1C1=C(C=C(Br)S1(=O)=O)C2(CCCCCCBr)CCCCCCBr. The predicted octanol–water partition coefficient (Wildman–Crippen LogP) is 7.51. The van der Waals surface area contributed by atoms with Crippen molar-refractivity contribution in [2.24, 2.45) is 5.41 Å². The normalized spacial score (nSPS) is 22.6. The van der Waals surface area contributed by atoms with Crippen LogP contribution in [0.5, 0.6) is 0 Å². The van der Waals surface area contributed by atoms with Crippen LogP contribution in [0.2, 0.25) is 0 Å². The second-order valence-electron chi connectivity index (χ2n) is 8.18. The molecule has 0 saturated heterocycles. The number of fused-ring (bicyclic) bond motifs is 1. The molecule has 2 aliphatic heterocycles. The number of sulfone groups is 2. The lowest BCUT2D eigenvalue weighted by molar-refractivity contribution is 0.350. The highest BCUT2D eigenvalue weighted by Crippen LogP contribution is 2.63. The number of unbranched alkanes of at least 4 members (excludes halogenated alkanes) is 6. The molecular formula is C21H26Br4O4S2. The molecule has 0 aromatic carbocycles. The maximum atomic E-state index is 13.1. The zero-order valence-corrected chi connectivity index (χ0v) is 25.1. The van der Waals surface area contributed by atoms with Gasteiger partial charge in [0.25, 0.3) is 0 Å². The molecular weight excluding hydrogens is 700 g/mol. The molecule has 0 aromatic rings. The fraction of sp³-hybridized carbons (Fsp3) is 0.619. The highest BCUT2D eigenvalue weighted by Gasteiger charge is 2.56. The van der Waals surface area contributed by atoms with Gasteiger partial charge in [0.1, 0.15) is 7.63 Å². The van der Waals surface area contributed by atoms with E-state index in [-0.39, 0.29) is 17.4 Å². The van der Waals surface area contributed by atoms with Crippen LogP contribution in [-0.4, -0.2) is 27.5 Å². The van der Waals surface area contributed by atoms with Crippen LogP contribution in [0.25, 0.3) is 0 Å². The zero-order chi connectivity index (χ0) is 22.9. The van der Waals surface area contributed by atoms with Crippen molar-refractivity contribution in [3.8, 4) is 0 Å². The van der Waals surface area contributed by atoms with Crippen LogP contribution in [0.4, 0.5) is 0 Å². The van der Waals surface area contributed by atoms with Crippen molar-refractivity contribution < 1.29 is 16.8 Å². The Balaban J connectivity index is 2.03. The van der Waals surface area contributed by atoms with Crippen LogP contribution >= 0.6 is 63.7 Å². The number of rotatable bonds is 12. The van der Waals surface area contributed by atoms with E-state index in [1.54, 1.807) is 12.2 Å². The summed E-state index contributed by atoms with van der Waals surface area (Å²) in [7, 11) is -7.69. The molecule has 0 amide bonds. The van der Waals surface area contributed by atoms with Gasteiger partial charge in [-0.2, -0.15) is 0 Å². The van der Waals surface area contributed by atoms with Gasteiger partial charge >= 0.3 is 0 Å². The molecule has 2 heterocycles. The second kappa shape index (κ2) is 10.6. The van der Waals surface area contributed by atoms with Crippen molar-refractivity contribution in [1.29, 1.82) is 0 Å². The van der Waals surface area contributed by atoms with Crippen molar-refractivity contribution in [3.05, 3.63) is 40.7 Å². The summed E-state index contributed by atoms with van der Waals surface area (Å²) in [6, 6.07) is 0. The summed E-state index contributed by atoms with van der Waals surface area (Å²) >= 11 is 13.3. The fourth-order valence-corrected chi connectivity index (χ4v) is 10.4. The van der Waals surface area contributed by atoms with E-state index in [0.29, 0.717) is 11.1 Å². The fourth-order valence-electron chi connectivity index (χ4n) is 4.76. The highest BCUT2D eigenvalue weighted by atomic mass is 79.9. The largest absolute Gasteiger partial charge is 0.218 e. The van der Waals surface area contributed by atoms with E-state index >= 15 is 0 Å². The Kier molecular flexibility index (Phi) is 9.01. The number of allylic oxidation sites excluding steroid dienone is 4. The topological polar surface area (TPSA) is 68.3 Å². The summed E-state index contributed by atoms with van der Waals surface area (Å²) in [5.41, 5.74) is 0.772. The average Bonchev–Trinajstić information content (AvgIpc) is 3.21. The van der Waals surface area contributed by atoms with E-state index < -0.39 is 25.1 Å². The molecule has 0 saturated carbocycles. The van der Waals surface area contributed by atoms with Gasteiger partial charge in [-0.05, 0) is 80.8 Å². The summed E-state index contributed by atoms with van der Waals surface area (Å²) in [6.07, 6.45) is 13.2. The van der Waals surface area contributed by atoms with Crippen molar-refractivity contribution >= 4 is 83.4 Å². The first-order valence-corrected chi connectivity index (χ1v) is 17.3. The van der Waals surface area contributed by atoms with Gasteiger partial charge in [-0.15, -0.1) is 0 Å². The van der Waals surface area contributed by atoms with Gasteiger partial charge in [-0.1, -0.05) is 70.4 Å². The summed E-state index contributed by atoms with van der Waals surface area (Å²) in [6.45, 7) is 0. The monoisotopic (exact) mass is 722 g/mol. The molecule has 31 heavy (non-hydrogen) atoms. The van der Waals surface area contributed by atoms with E-state index in [4.69, 9.17) is 0 Å². The number of alkyl halides is 2. The molecule has 0 aromatic heterocycles. The van der Waals surface area contributed by atoms with Crippen molar-refractivity contribution in [2.45, 2.75) is 64.2 Å². The van der Waals surface area contributed by atoms with E-state index in [1.165, 1.54) is 0 Å². The van der Waals surface area contributed by atoms with E-state index in [1.807, 2.05) is 0 Å². The highest BCUT2D eigenvalue weighted by molar-refractivity contribution is 9.14. The number of halogens is 4. The third-order valence-corrected chi connectivity index (χ3v) is 13.7. The Morgan fingerprint density at radius 1 is 0.613 bits per heavy atom. The van der Waals surface area contributed by atoms with Gasteiger partial charge in [0.05, 0.1) is 9.81 Å². The Bertz CT molecular complexity index is 981. The molecule has 0 atom stereocenters. The number of hydrogen-bond donors (Lipinski definition) is 0. The third kappa shape index (κ3) is 4.81. The lowest BCUT2D eigenvalue weighted by Crippen LogP contribution is -2.23. The Hall–Kier alpha value is 0.780. The lowest BCUT2D eigenvalue weighted by Gasteiger charge is -2.33. The predicted molar refractivity (Wildman–Crippen MR) is 142 cm³/mol. The van der Waals surface area contributed by atoms with Crippen molar-refractivity contribution in [3.63, 3.8) is 0 Å². The van der Waals surface area contributed by atoms with Crippen LogP contribution in [0.1, 0.15) is 64.2 Å². The summed E-state index contributed by atoms with van der Waals surface area (Å²) < 4.78 is 52.6. The second-order valence-corrected chi connectivity index (χ2v) is 16.2. The molecule has 3 rings (SSSR count). The molecule has 0 spiro atoms. The minimum absolute atomic E-state index is 0.000918. The van der Waals surface area contributed by atoms with Crippen LogP contribution in [0.3, 0.4) is 0 Å². The van der Waals surface area contributed by atoms with E-state index in [9.17, 15) is 16.8 Å². The van der Waals surface area contributed by atoms with Gasteiger partial charge in [0.15, 0.2) is 0 Å². The van der Waals surface area contributed by atoms with Crippen molar-refractivity contribution in [2.75, 3.05) is 10.7 Å². The first-order valence-electron chi connectivity index (χ1n) is 10.5. The van der Waals surface area contributed by atoms with Crippen LogP contribution in [0, 0.1) is 5.41 Å². The summed E-state index contributed by atoms with van der Waals surface area (Å²) in [5.74, 6) is 0. The maximum absolute atomic E-state index is 13.1. The minimum atomic E-state index is -3.85. The first kappa shape index (κ1) is 26.4. The average molecular weight is 726 g/mol. The van der Waals surface area contributed by atoms with Gasteiger partial charge < -0.3 is 0 Å². The molecule has 0 unspecified atom stereocenters. The van der Waals surface area contributed by atoms with Crippen LogP contribution in [-0.2, 0) is 19.7 Å². The maximum Gasteiger partial charge on any atom is 0.214 e. The number of hydrogen-bond acceptors (Lipinski definition) is 4. The molecule has 1 aliphatic carbocycles. The van der Waals surface area contributed by atoms with Crippen LogP contribution < -0.4 is 0 Å². The quantitative estimate of drug-likeness (QED) is 0.154. The smallest absolute Gasteiger partial charge is 0.214 e. The van der Waals surface area contributed by atoms with E-state index in [0.717, 1.165) is 74.9 Å². The summed E-state index contributed by atoms with van der Waals surface area (Å²) in [5, 5.41) is 1.94. The molecule has 10 heteroatoms. The zero-order valence-electron chi connectivity index (χ0n) is 17.1. The van der Waals surface area contributed by atoms with Crippen molar-refractivity contribution in [1.82, 2.24) is 0 Å². The van der Waals surface area contributed by atoms with E-state index in [2.05, 4.69) is 63.7 Å². The minimum Gasteiger partial charge on any atom is -0.218 e. The van der Waals surface area contributed by atoms with Gasteiger partial charge in [-0.25, -0.2) is 16.8 Å². The third-order valence-electron chi connectivity index (χ3n) is 6.27. The molecule has 4 nitrogen and oxygen atoms in total. The molecule has 174 valence electrons. The molecule has 0 bridgehead atoms. The standard InChI is InChI=1S/C21H26Br4O4S2/c22-11-7-3-1-5-9-21(10-6-2-4-8-12-23)15-13-17(24)30(26,27)19(15)20-16(21)14-18(25)31(20,28)29/h13-14H,1-12H2. The Labute approximate surface area is 219 Å². The Morgan fingerprint density at radius 3 is 1.32 bits per heavy atom. The van der Waals surface area contributed by atoms with Gasteiger partial charge in [0, 0.05) is 16.1 Å². The molecule has 3 aliphatic rings. The summed E-state index contributed by atoms with van der Waals surface area (Å²) in [4.78, 5) is 0.00184. The lowest BCUT2D eigenvalue weighted by atomic mass is 9.69.